The van der Waals surface area contributed by atoms with E-state index in [9.17, 15) is 14.8 Å². The van der Waals surface area contributed by atoms with Crippen LogP contribution in [0.4, 0.5) is 0 Å². The maximum absolute atomic E-state index is 12.4. The lowest BCUT2D eigenvalue weighted by atomic mass is 10.00. The van der Waals surface area contributed by atoms with Crippen molar-refractivity contribution in [2.24, 2.45) is 0 Å². The molecule has 2 N–H and O–H groups in total. The van der Waals surface area contributed by atoms with Gasteiger partial charge in [0.15, 0.2) is 17.2 Å². The van der Waals surface area contributed by atoms with Gasteiger partial charge >= 0.3 is 5.97 Å². The van der Waals surface area contributed by atoms with Crippen LogP contribution in [0.25, 0.3) is 0 Å². The molecule has 0 saturated carbocycles. The highest BCUT2D eigenvalue weighted by atomic mass is 32.2. The van der Waals surface area contributed by atoms with Crippen molar-refractivity contribution < 1.29 is 38.2 Å². The molecule has 1 amide bonds. The standard InChI is InChI=1S/C23H28N2O8S/c1-13-8-14(2)22(16(4)15(13)3)32-33-34-25(19(23(27)24-28)11-29-17(5)26)10-18-6-7-20-21(9-18)31-12-30-20/h6-9,19,28H,10-12H2,1-5H3,(H,24,27)/t19-/m1/s1. The average molecular weight is 493 g/mol. The summed E-state index contributed by atoms with van der Waals surface area (Å²) in [4.78, 5) is 29.4. The van der Waals surface area contributed by atoms with Crippen LogP contribution in [0.15, 0.2) is 24.3 Å². The normalized spacial score (nSPS) is 13.0. The molecule has 10 nitrogen and oxygen atoms in total. The third-order valence-corrected chi connectivity index (χ3v) is 6.21. The van der Waals surface area contributed by atoms with Gasteiger partial charge in [-0.1, -0.05) is 16.5 Å². The van der Waals surface area contributed by atoms with Gasteiger partial charge in [0.2, 0.25) is 6.79 Å². The van der Waals surface area contributed by atoms with Gasteiger partial charge in [-0.25, -0.2) is 9.79 Å². The molecule has 184 valence electrons. The Morgan fingerprint density at radius 1 is 1.12 bits per heavy atom. The highest BCUT2D eigenvalue weighted by molar-refractivity contribution is 7.92. The molecule has 1 aliphatic rings. The van der Waals surface area contributed by atoms with Crippen molar-refractivity contribution in [1.82, 2.24) is 9.79 Å². The zero-order valence-electron chi connectivity index (χ0n) is 19.7. The summed E-state index contributed by atoms with van der Waals surface area (Å²) in [5.41, 5.74) is 6.43. The molecule has 0 spiro atoms. The minimum absolute atomic E-state index is 0.130. The molecule has 34 heavy (non-hydrogen) atoms. The van der Waals surface area contributed by atoms with Crippen LogP contribution in [-0.2, 0) is 25.2 Å². The van der Waals surface area contributed by atoms with Gasteiger partial charge < -0.3 is 19.1 Å². The Bertz CT molecular complexity index is 1060. The topological polar surface area (TPSA) is 116 Å². The maximum atomic E-state index is 12.4. The average Bonchev–Trinajstić information content (AvgIpc) is 3.27. The van der Waals surface area contributed by atoms with Crippen LogP contribution >= 0.6 is 12.2 Å². The van der Waals surface area contributed by atoms with Gasteiger partial charge in [0.25, 0.3) is 5.91 Å². The predicted octanol–water partition coefficient (Wildman–Crippen LogP) is 3.46. The zero-order valence-corrected chi connectivity index (χ0v) is 20.5. The third kappa shape index (κ3) is 6.11. The molecule has 0 aliphatic carbocycles. The van der Waals surface area contributed by atoms with Gasteiger partial charge in [0.05, 0.1) is 0 Å². The molecule has 0 radical (unpaired) electrons. The first-order chi connectivity index (χ1) is 16.2. The molecule has 3 rings (SSSR count). The minimum atomic E-state index is -1.09. The van der Waals surface area contributed by atoms with E-state index < -0.39 is 17.9 Å². The Hall–Kier alpha value is -2.99. The van der Waals surface area contributed by atoms with Crippen molar-refractivity contribution in [1.29, 1.82) is 0 Å². The van der Waals surface area contributed by atoms with Gasteiger partial charge in [0, 0.05) is 13.5 Å². The number of carbonyl (C=O) groups is 2. The van der Waals surface area contributed by atoms with Crippen LogP contribution in [-0.4, -0.2) is 40.8 Å². The number of fused-ring (bicyclic) bond motifs is 1. The zero-order chi connectivity index (χ0) is 24.8. The number of amides is 1. The van der Waals surface area contributed by atoms with E-state index in [1.807, 2.05) is 33.8 Å². The number of benzene rings is 2. The number of hydrogen-bond donors (Lipinski definition) is 2. The predicted molar refractivity (Wildman–Crippen MR) is 123 cm³/mol. The smallest absolute Gasteiger partial charge is 0.302 e. The van der Waals surface area contributed by atoms with Crippen molar-refractivity contribution in [3.05, 3.63) is 52.1 Å². The molecular weight excluding hydrogens is 464 g/mol. The molecule has 2 aromatic carbocycles. The third-order valence-electron chi connectivity index (χ3n) is 5.51. The van der Waals surface area contributed by atoms with Crippen LogP contribution in [0.1, 0.15) is 34.7 Å². The number of hydrogen-bond acceptors (Lipinski definition) is 10. The second kappa shape index (κ2) is 11.4. The number of ether oxygens (including phenoxy) is 3. The van der Waals surface area contributed by atoms with E-state index in [-0.39, 0.29) is 19.9 Å². The van der Waals surface area contributed by atoms with E-state index in [1.54, 1.807) is 23.7 Å². The van der Waals surface area contributed by atoms with Crippen molar-refractivity contribution >= 4 is 24.1 Å². The summed E-state index contributed by atoms with van der Waals surface area (Å²) in [5.74, 6) is 0.415. The number of carbonyl (C=O) groups excluding carboxylic acids is 2. The van der Waals surface area contributed by atoms with E-state index in [2.05, 4.69) is 0 Å². The molecular formula is C23H28N2O8S. The number of esters is 1. The summed E-state index contributed by atoms with van der Waals surface area (Å²) in [6, 6.07) is 6.24. The number of nitrogens with one attached hydrogen (secondary N) is 1. The highest BCUT2D eigenvalue weighted by Gasteiger charge is 2.30. The summed E-state index contributed by atoms with van der Waals surface area (Å²) < 4.78 is 22.8. The Balaban J connectivity index is 1.81. The van der Waals surface area contributed by atoms with E-state index >= 15 is 0 Å². The number of rotatable bonds is 10. The lowest BCUT2D eigenvalue weighted by Gasteiger charge is -2.27. The van der Waals surface area contributed by atoms with Crippen LogP contribution in [0.3, 0.4) is 0 Å². The van der Waals surface area contributed by atoms with Crippen molar-refractivity contribution in [2.75, 3.05) is 13.4 Å². The van der Waals surface area contributed by atoms with Gasteiger partial charge in [0.1, 0.15) is 24.9 Å². The highest BCUT2D eigenvalue weighted by Crippen LogP contribution is 2.34. The molecule has 0 aromatic heterocycles. The van der Waals surface area contributed by atoms with Crippen molar-refractivity contribution in [2.45, 2.75) is 47.2 Å². The molecule has 11 heteroatoms. The van der Waals surface area contributed by atoms with Gasteiger partial charge in [-0.2, -0.15) is 0 Å². The molecule has 0 bridgehead atoms. The Morgan fingerprint density at radius 3 is 2.56 bits per heavy atom. The van der Waals surface area contributed by atoms with E-state index in [4.69, 9.17) is 23.4 Å². The molecule has 1 atom stereocenters. The van der Waals surface area contributed by atoms with E-state index in [0.717, 1.165) is 40.0 Å². The Kier molecular flexibility index (Phi) is 8.61. The summed E-state index contributed by atoms with van der Waals surface area (Å²) in [5, 5.41) is 9.26. The Labute approximate surface area is 202 Å². The molecule has 2 aromatic rings. The minimum Gasteiger partial charge on any atom is -0.464 e. The van der Waals surface area contributed by atoms with Crippen LogP contribution in [0, 0.1) is 27.7 Å². The largest absolute Gasteiger partial charge is 0.464 e. The fourth-order valence-electron chi connectivity index (χ4n) is 3.45. The second-order valence-corrected chi connectivity index (χ2v) is 8.63. The molecule has 0 saturated heterocycles. The SMILES string of the molecule is CC(=O)OC[C@H](C(=O)NO)N(Cc1ccc2c(c1)OCO2)SOOc1c(C)cc(C)c(C)c1C. The first-order valence-electron chi connectivity index (χ1n) is 10.5. The monoisotopic (exact) mass is 492 g/mol. The number of nitrogens with zero attached hydrogens (tertiary/aromatic N) is 1. The fourth-order valence-corrected chi connectivity index (χ4v) is 4.08. The van der Waals surface area contributed by atoms with Crippen LogP contribution < -0.4 is 19.8 Å². The second-order valence-electron chi connectivity index (χ2n) is 7.87. The summed E-state index contributed by atoms with van der Waals surface area (Å²) in [7, 11) is 0. The summed E-state index contributed by atoms with van der Waals surface area (Å²) >= 11 is 0.751. The van der Waals surface area contributed by atoms with E-state index in [1.165, 1.54) is 11.2 Å². The van der Waals surface area contributed by atoms with Gasteiger partial charge in [-0.15, -0.1) is 0 Å². The first-order valence-corrected chi connectivity index (χ1v) is 11.2. The molecule has 1 aliphatic heterocycles. The molecule has 0 unspecified atom stereocenters. The first kappa shape index (κ1) is 25.6. The van der Waals surface area contributed by atoms with Crippen LogP contribution in [0.5, 0.6) is 17.2 Å². The summed E-state index contributed by atoms with van der Waals surface area (Å²) in [6.07, 6.45) is 0. The quantitative estimate of drug-likeness (QED) is 0.128. The Morgan fingerprint density at radius 2 is 1.85 bits per heavy atom. The molecule has 0 fully saturated rings. The number of aryl methyl sites for hydroxylation is 2. The van der Waals surface area contributed by atoms with Crippen molar-refractivity contribution in [3.63, 3.8) is 0 Å². The lowest BCUT2D eigenvalue weighted by Crippen LogP contribution is -2.46. The maximum Gasteiger partial charge on any atom is 0.302 e. The number of hydroxylamine groups is 1. The van der Waals surface area contributed by atoms with E-state index in [0.29, 0.717) is 17.2 Å². The van der Waals surface area contributed by atoms with Gasteiger partial charge in [-0.05, 0) is 67.6 Å². The van der Waals surface area contributed by atoms with Gasteiger partial charge in [-0.3, -0.25) is 14.8 Å². The molecule has 1 heterocycles. The summed E-state index contributed by atoms with van der Waals surface area (Å²) in [6.45, 7) is 9.08. The fraction of sp³-hybridized carbons (Fsp3) is 0.391. The van der Waals surface area contributed by atoms with Crippen LogP contribution in [0.2, 0.25) is 0 Å². The van der Waals surface area contributed by atoms with Crippen molar-refractivity contribution in [3.8, 4) is 17.2 Å². The lowest BCUT2D eigenvalue weighted by molar-refractivity contribution is -0.146.